The maximum absolute atomic E-state index is 8.56. The van der Waals surface area contributed by atoms with Crippen molar-refractivity contribution in [2.45, 2.75) is 0 Å². The lowest BCUT2D eigenvalue weighted by Gasteiger charge is -1.96. The second kappa shape index (κ2) is 11.3. The van der Waals surface area contributed by atoms with Crippen molar-refractivity contribution in [1.29, 1.82) is 0 Å². The van der Waals surface area contributed by atoms with Crippen LogP contribution < -0.4 is 16.6 Å². The van der Waals surface area contributed by atoms with E-state index in [0.29, 0.717) is 11.7 Å². The zero-order chi connectivity index (χ0) is 11.4. The average Bonchev–Trinajstić information content (AvgIpc) is 2.10. The lowest BCUT2D eigenvalue weighted by molar-refractivity contribution is 0.137. The number of carboxylic acid groups (broad SMARTS) is 2. The number of thiocarbonyl (C=S) groups is 1. The molecule has 0 aromatic rings. The minimum Gasteiger partial charge on any atom is -0.450 e. The Hall–Kier alpha value is -1.67. The van der Waals surface area contributed by atoms with Crippen LogP contribution in [0.15, 0.2) is 17.6 Å². The third-order valence-electron chi connectivity index (χ3n) is 0.654. The molecular formula is C6H12N4O3S. The Kier molecular flexibility index (Phi) is 12.0. The fourth-order valence-electron chi connectivity index (χ4n) is 0.301. The fraction of sp³-hybridized carbons (Fsp3) is 0.167. The lowest BCUT2D eigenvalue weighted by Crippen LogP contribution is -2.24. The van der Waals surface area contributed by atoms with Crippen LogP contribution in [0.3, 0.4) is 0 Å². The molecule has 0 aliphatic rings. The molecule has 0 fully saturated rings. The van der Waals surface area contributed by atoms with E-state index in [0.717, 1.165) is 0 Å². The van der Waals surface area contributed by atoms with Crippen molar-refractivity contribution in [2.75, 3.05) is 6.54 Å². The first kappa shape index (κ1) is 14.8. The molecule has 0 aliphatic heterocycles. The van der Waals surface area contributed by atoms with Crippen LogP contribution in [-0.4, -0.2) is 34.4 Å². The van der Waals surface area contributed by atoms with Crippen LogP contribution in [0.4, 0.5) is 4.79 Å². The lowest BCUT2D eigenvalue weighted by atomic mass is 10.6. The molecule has 0 unspecified atom stereocenters. The van der Waals surface area contributed by atoms with Crippen LogP contribution >= 0.6 is 12.2 Å². The Morgan fingerprint density at radius 3 is 2.50 bits per heavy atom. The molecule has 0 bridgehead atoms. The third kappa shape index (κ3) is 22.4. The van der Waals surface area contributed by atoms with Crippen molar-refractivity contribution >= 4 is 29.8 Å². The Bertz CT molecular complexity index is 215. The third-order valence-corrected chi connectivity index (χ3v) is 0.904. The van der Waals surface area contributed by atoms with E-state index < -0.39 is 6.16 Å². The van der Waals surface area contributed by atoms with Crippen molar-refractivity contribution in [3.05, 3.63) is 12.7 Å². The van der Waals surface area contributed by atoms with Crippen LogP contribution in [0.25, 0.3) is 0 Å². The largest absolute Gasteiger partial charge is 0.503 e. The van der Waals surface area contributed by atoms with Gasteiger partial charge in [0.25, 0.3) is 0 Å². The molecule has 80 valence electrons. The number of aliphatic imine (C=N–C) groups is 1. The zero-order valence-electron chi connectivity index (χ0n) is 7.30. The van der Waals surface area contributed by atoms with Gasteiger partial charge in [0, 0.05) is 6.54 Å². The molecule has 8 heteroatoms. The molecule has 0 heterocycles. The number of carbonyl (C=O) groups is 1. The van der Waals surface area contributed by atoms with Gasteiger partial charge in [-0.2, -0.15) is 0 Å². The summed E-state index contributed by atoms with van der Waals surface area (Å²) in [4.78, 5) is 12.2. The highest BCUT2D eigenvalue weighted by molar-refractivity contribution is 7.80. The van der Waals surface area contributed by atoms with Gasteiger partial charge in [-0.15, -0.1) is 6.58 Å². The first-order valence-corrected chi connectivity index (χ1v) is 3.74. The molecule has 0 saturated carbocycles. The predicted molar refractivity (Wildman–Crippen MR) is 57.3 cm³/mol. The molecule has 0 spiro atoms. The van der Waals surface area contributed by atoms with Gasteiger partial charge < -0.3 is 21.0 Å². The number of nitrogens with one attached hydrogen (secondary N) is 2. The molecule has 0 aliphatic carbocycles. The minimum atomic E-state index is -1.83. The summed E-state index contributed by atoms with van der Waals surface area (Å²) in [5, 5.41) is 17.1. The molecule has 0 radical (unpaired) electrons. The topological polar surface area (TPSA) is 120 Å². The number of nitrogens with two attached hydrogens (primary N) is 1. The van der Waals surface area contributed by atoms with Crippen molar-refractivity contribution < 1.29 is 15.0 Å². The van der Waals surface area contributed by atoms with Gasteiger partial charge in [0.05, 0.1) is 0 Å². The van der Waals surface area contributed by atoms with Crippen LogP contribution in [0.2, 0.25) is 0 Å². The number of hydrogen-bond acceptors (Lipinski definition) is 3. The maximum atomic E-state index is 8.56. The first-order valence-electron chi connectivity index (χ1n) is 3.33. The van der Waals surface area contributed by atoms with Crippen LogP contribution in [0, 0.1) is 0 Å². The van der Waals surface area contributed by atoms with E-state index in [9.17, 15) is 0 Å². The summed E-state index contributed by atoms with van der Waals surface area (Å²) in [5.74, 6) is 4.90. The van der Waals surface area contributed by atoms with E-state index in [-0.39, 0.29) is 0 Å². The highest BCUT2D eigenvalue weighted by Crippen LogP contribution is 1.71. The second-order valence-corrected chi connectivity index (χ2v) is 2.07. The summed E-state index contributed by atoms with van der Waals surface area (Å²) in [6.07, 6.45) is 1.16. The molecule has 14 heavy (non-hydrogen) atoms. The highest BCUT2D eigenvalue weighted by atomic mass is 32.1. The van der Waals surface area contributed by atoms with Crippen molar-refractivity contribution in [3.8, 4) is 0 Å². The second-order valence-electron chi connectivity index (χ2n) is 1.68. The molecular weight excluding hydrogens is 208 g/mol. The number of nitrogens with zero attached hydrogens (tertiary/aromatic N) is 1. The Morgan fingerprint density at radius 2 is 2.14 bits per heavy atom. The molecule has 0 atom stereocenters. The quantitative estimate of drug-likeness (QED) is 0.111. The number of rotatable bonds is 3. The van der Waals surface area contributed by atoms with Gasteiger partial charge in [-0.05, 0) is 12.2 Å². The van der Waals surface area contributed by atoms with Gasteiger partial charge in [-0.3, -0.25) is 0 Å². The molecule has 0 rings (SSSR count). The van der Waals surface area contributed by atoms with Crippen LogP contribution in [-0.2, 0) is 0 Å². The molecule has 0 saturated heterocycles. The van der Waals surface area contributed by atoms with Gasteiger partial charge in [0.1, 0.15) is 6.34 Å². The fourth-order valence-corrected chi connectivity index (χ4v) is 0.437. The SMILES string of the molecule is C=CCNC(=S)N=CNN.O=C(O)O. The normalized spacial score (nSPS) is 8.36. The molecule has 0 aromatic carbocycles. The van der Waals surface area contributed by atoms with E-state index >= 15 is 0 Å². The molecule has 6 N–H and O–H groups in total. The van der Waals surface area contributed by atoms with Gasteiger partial charge >= 0.3 is 6.16 Å². The summed E-state index contributed by atoms with van der Waals surface area (Å²) in [5.41, 5.74) is 2.23. The first-order chi connectivity index (χ1) is 6.54. The molecule has 0 amide bonds. The standard InChI is InChI=1S/C5H10N4S.CH2O3/c1-2-3-7-5(10)8-4-9-6;2-1(3)4/h2,4H,1,3,6H2,(H2,7,8,9,10);(H2,2,3,4). The van der Waals surface area contributed by atoms with E-state index in [1.54, 1.807) is 6.08 Å². The van der Waals surface area contributed by atoms with Crippen molar-refractivity contribution in [2.24, 2.45) is 10.8 Å². The van der Waals surface area contributed by atoms with Crippen LogP contribution in [0.5, 0.6) is 0 Å². The maximum Gasteiger partial charge on any atom is 0.503 e. The zero-order valence-corrected chi connectivity index (χ0v) is 8.12. The number of hydrazine groups is 1. The smallest absolute Gasteiger partial charge is 0.450 e. The van der Waals surface area contributed by atoms with Gasteiger partial charge in [-0.1, -0.05) is 6.08 Å². The van der Waals surface area contributed by atoms with Crippen molar-refractivity contribution in [3.63, 3.8) is 0 Å². The Balaban J connectivity index is 0. The predicted octanol–water partition coefficient (Wildman–Crippen LogP) is -0.239. The van der Waals surface area contributed by atoms with Gasteiger partial charge in [0.2, 0.25) is 0 Å². The average molecular weight is 220 g/mol. The molecule has 0 aromatic heterocycles. The van der Waals surface area contributed by atoms with Crippen LogP contribution in [0.1, 0.15) is 0 Å². The highest BCUT2D eigenvalue weighted by Gasteiger charge is 1.84. The Morgan fingerprint density at radius 1 is 1.64 bits per heavy atom. The summed E-state index contributed by atoms with van der Waals surface area (Å²) in [6.45, 7) is 4.11. The van der Waals surface area contributed by atoms with Gasteiger partial charge in [0.15, 0.2) is 5.11 Å². The molecule has 7 nitrogen and oxygen atoms in total. The van der Waals surface area contributed by atoms with Crippen molar-refractivity contribution in [1.82, 2.24) is 10.7 Å². The van der Waals surface area contributed by atoms with Gasteiger partial charge in [-0.25, -0.2) is 15.6 Å². The van der Waals surface area contributed by atoms with E-state index in [1.165, 1.54) is 6.34 Å². The van der Waals surface area contributed by atoms with E-state index in [4.69, 9.17) is 33.1 Å². The summed E-state index contributed by atoms with van der Waals surface area (Å²) in [7, 11) is 0. The number of hydrogen-bond donors (Lipinski definition) is 5. The summed E-state index contributed by atoms with van der Waals surface area (Å²) < 4.78 is 0. The summed E-state index contributed by atoms with van der Waals surface area (Å²) >= 11 is 4.73. The van der Waals surface area contributed by atoms with E-state index in [1.807, 2.05) is 0 Å². The minimum absolute atomic E-state index is 0.387. The van der Waals surface area contributed by atoms with E-state index in [2.05, 4.69) is 22.3 Å². The Labute approximate surface area is 86.3 Å². The monoisotopic (exact) mass is 220 g/mol. The summed E-state index contributed by atoms with van der Waals surface area (Å²) in [6, 6.07) is 0.